The zero-order valence-corrected chi connectivity index (χ0v) is 8.74. The molecule has 0 aliphatic heterocycles. The van der Waals surface area contributed by atoms with Crippen molar-refractivity contribution in [1.82, 2.24) is 15.3 Å². The SMILES string of the molecule is NC(=NO)c1nonc1NCc1ccncc1. The van der Waals surface area contributed by atoms with Gasteiger partial charge in [0.1, 0.15) is 0 Å². The number of aromatic nitrogens is 3. The highest BCUT2D eigenvalue weighted by Crippen LogP contribution is 2.10. The predicted molar refractivity (Wildman–Crippen MR) is 58.4 cm³/mol. The first-order chi connectivity index (χ1) is 8.31. The molecule has 4 N–H and O–H groups in total. The highest BCUT2D eigenvalue weighted by Gasteiger charge is 2.13. The molecular formula is C9H10N6O2. The Kier molecular flexibility index (Phi) is 3.15. The van der Waals surface area contributed by atoms with Crippen molar-refractivity contribution in [1.29, 1.82) is 0 Å². The monoisotopic (exact) mass is 234 g/mol. The fraction of sp³-hybridized carbons (Fsp3) is 0.111. The maximum absolute atomic E-state index is 8.53. The Morgan fingerprint density at radius 3 is 2.88 bits per heavy atom. The summed E-state index contributed by atoms with van der Waals surface area (Å²) in [5, 5.41) is 21.5. The number of rotatable bonds is 4. The Balaban J connectivity index is 2.07. The molecule has 0 spiro atoms. The molecule has 0 aliphatic carbocycles. The largest absolute Gasteiger partial charge is 0.409 e. The molecule has 0 radical (unpaired) electrons. The van der Waals surface area contributed by atoms with Crippen LogP contribution in [-0.2, 0) is 6.54 Å². The number of pyridine rings is 1. The van der Waals surface area contributed by atoms with Crippen LogP contribution in [0.25, 0.3) is 0 Å². The molecule has 0 unspecified atom stereocenters. The van der Waals surface area contributed by atoms with E-state index in [1.807, 2.05) is 12.1 Å². The van der Waals surface area contributed by atoms with E-state index in [0.717, 1.165) is 5.56 Å². The van der Waals surface area contributed by atoms with Crippen LogP contribution < -0.4 is 11.1 Å². The minimum atomic E-state index is -0.163. The van der Waals surface area contributed by atoms with Crippen molar-refractivity contribution in [3.05, 3.63) is 35.8 Å². The van der Waals surface area contributed by atoms with Gasteiger partial charge in [-0.05, 0) is 28.0 Å². The summed E-state index contributed by atoms with van der Waals surface area (Å²) in [6, 6.07) is 3.70. The molecule has 0 bridgehead atoms. The molecule has 2 aromatic rings. The molecule has 0 fully saturated rings. The summed E-state index contributed by atoms with van der Waals surface area (Å²) in [5.41, 5.74) is 6.57. The highest BCUT2D eigenvalue weighted by atomic mass is 16.6. The van der Waals surface area contributed by atoms with Gasteiger partial charge in [-0.1, -0.05) is 5.16 Å². The average molecular weight is 234 g/mol. The van der Waals surface area contributed by atoms with Gasteiger partial charge < -0.3 is 16.3 Å². The molecule has 8 heteroatoms. The summed E-state index contributed by atoms with van der Waals surface area (Å²) >= 11 is 0. The fourth-order valence-corrected chi connectivity index (χ4v) is 1.21. The minimum absolute atomic E-state index is 0.163. The molecule has 0 aromatic carbocycles. The first-order valence-electron chi connectivity index (χ1n) is 4.74. The minimum Gasteiger partial charge on any atom is -0.409 e. The number of nitrogens with one attached hydrogen (secondary N) is 1. The topological polar surface area (TPSA) is 122 Å². The molecule has 8 nitrogen and oxygen atoms in total. The third kappa shape index (κ3) is 2.48. The second-order valence-electron chi connectivity index (χ2n) is 3.16. The maximum Gasteiger partial charge on any atom is 0.202 e. The van der Waals surface area contributed by atoms with Crippen LogP contribution in [-0.4, -0.2) is 26.3 Å². The number of nitrogens with zero attached hydrogens (tertiary/aromatic N) is 4. The molecule has 0 aliphatic rings. The molecule has 17 heavy (non-hydrogen) atoms. The molecule has 0 saturated heterocycles. The van der Waals surface area contributed by atoms with Crippen molar-refractivity contribution in [2.75, 3.05) is 5.32 Å². The molecular weight excluding hydrogens is 224 g/mol. The van der Waals surface area contributed by atoms with E-state index in [0.29, 0.717) is 12.4 Å². The number of anilines is 1. The lowest BCUT2D eigenvalue weighted by atomic mass is 10.2. The van der Waals surface area contributed by atoms with Gasteiger partial charge in [0.2, 0.25) is 5.82 Å². The number of oxime groups is 1. The van der Waals surface area contributed by atoms with Crippen LogP contribution in [0.1, 0.15) is 11.3 Å². The predicted octanol–water partition coefficient (Wildman–Crippen LogP) is 0.171. The van der Waals surface area contributed by atoms with Gasteiger partial charge in [-0.15, -0.1) is 0 Å². The smallest absolute Gasteiger partial charge is 0.202 e. The Morgan fingerprint density at radius 1 is 1.41 bits per heavy atom. The third-order valence-corrected chi connectivity index (χ3v) is 2.05. The molecule has 0 saturated carbocycles. The number of hydrogen-bond donors (Lipinski definition) is 3. The maximum atomic E-state index is 8.53. The molecule has 2 heterocycles. The lowest BCUT2D eigenvalue weighted by molar-refractivity contribution is 0.304. The zero-order chi connectivity index (χ0) is 12.1. The van der Waals surface area contributed by atoms with Crippen molar-refractivity contribution in [3.63, 3.8) is 0 Å². The van der Waals surface area contributed by atoms with Crippen LogP contribution >= 0.6 is 0 Å². The van der Waals surface area contributed by atoms with Gasteiger partial charge in [-0.3, -0.25) is 4.98 Å². The van der Waals surface area contributed by atoms with E-state index in [1.165, 1.54) is 0 Å². The third-order valence-electron chi connectivity index (χ3n) is 2.05. The van der Waals surface area contributed by atoms with E-state index in [-0.39, 0.29) is 11.5 Å². The normalized spacial score (nSPS) is 11.4. The van der Waals surface area contributed by atoms with Gasteiger partial charge in [-0.2, -0.15) is 0 Å². The summed E-state index contributed by atoms with van der Waals surface area (Å²) in [5.74, 6) is 0.153. The summed E-state index contributed by atoms with van der Waals surface area (Å²) in [4.78, 5) is 3.90. The summed E-state index contributed by atoms with van der Waals surface area (Å²) < 4.78 is 4.51. The van der Waals surface area contributed by atoms with E-state index in [9.17, 15) is 0 Å². The Hall–Kier alpha value is -2.64. The lowest BCUT2D eigenvalue weighted by Gasteiger charge is -2.02. The molecule has 2 rings (SSSR count). The van der Waals surface area contributed by atoms with Gasteiger partial charge in [0, 0.05) is 18.9 Å². The van der Waals surface area contributed by atoms with Crippen molar-refractivity contribution >= 4 is 11.7 Å². The zero-order valence-electron chi connectivity index (χ0n) is 8.74. The van der Waals surface area contributed by atoms with Gasteiger partial charge in [0.15, 0.2) is 11.5 Å². The second-order valence-corrected chi connectivity index (χ2v) is 3.16. The summed E-state index contributed by atoms with van der Waals surface area (Å²) in [7, 11) is 0. The molecule has 2 aromatic heterocycles. The van der Waals surface area contributed by atoms with Crippen molar-refractivity contribution in [2.24, 2.45) is 10.9 Å². The number of nitrogens with two attached hydrogens (primary N) is 1. The van der Waals surface area contributed by atoms with Crippen LogP contribution in [0.15, 0.2) is 34.3 Å². The number of amidine groups is 1. The van der Waals surface area contributed by atoms with Gasteiger partial charge in [0.05, 0.1) is 0 Å². The lowest BCUT2D eigenvalue weighted by Crippen LogP contribution is -2.16. The van der Waals surface area contributed by atoms with E-state index in [2.05, 4.69) is 30.4 Å². The highest BCUT2D eigenvalue weighted by molar-refractivity contribution is 5.99. The van der Waals surface area contributed by atoms with Crippen molar-refractivity contribution in [2.45, 2.75) is 6.54 Å². The molecule has 88 valence electrons. The molecule has 0 atom stereocenters. The standard InChI is InChI=1S/C9H10N6O2/c10-8(13-16)7-9(15-17-14-7)12-5-6-1-3-11-4-2-6/h1-4,16H,5H2,(H2,10,13)(H,12,15). The van der Waals surface area contributed by atoms with E-state index < -0.39 is 0 Å². The van der Waals surface area contributed by atoms with Crippen LogP contribution in [0.3, 0.4) is 0 Å². The molecule has 0 amide bonds. The first-order valence-corrected chi connectivity index (χ1v) is 4.74. The summed E-state index contributed by atoms with van der Waals surface area (Å²) in [6.45, 7) is 0.502. The van der Waals surface area contributed by atoms with Crippen LogP contribution in [0.2, 0.25) is 0 Å². The van der Waals surface area contributed by atoms with Gasteiger partial charge >= 0.3 is 0 Å². The fourth-order valence-electron chi connectivity index (χ4n) is 1.21. The quantitative estimate of drug-likeness (QED) is 0.298. The Labute approximate surface area is 96.1 Å². The van der Waals surface area contributed by atoms with E-state index in [4.69, 9.17) is 10.9 Å². The van der Waals surface area contributed by atoms with E-state index >= 15 is 0 Å². The number of hydrogen-bond acceptors (Lipinski definition) is 7. The average Bonchev–Trinajstić information content (AvgIpc) is 2.85. The Morgan fingerprint density at radius 2 is 2.18 bits per heavy atom. The first kappa shape index (κ1) is 10.9. The van der Waals surface area contributed by atoms with Gasteiger partial charge in [0.25, 0.3) is 0 Å². The Bertz CT molecular complexity index is 509. The van der Waals surface area contributed by atoms with Crippen LogP contribution in [0.5, 0.6) is 0 Å². The summed E-state index contributed by atoms with van der Waals surface area (Å²) in [6.07, 6.45) is 3.37. The van der Waals surface area contributed by atoms with Crippen molar-refractivity contribution in [3.8, 4) is 0 Å². The van der Waals surface area contributed by atoms with Gasteiger partial charge in [-0.25, -0.2) is 4.63 Å². The van der Waals surface area contributed by atoms with Crippen LogP contribution in [0, 0.1) is 0 Å². The second kappa shape index (κ2) is 4.92. The van der Waals surface area contributed by atoms with Crippen LogP contribution in [0.4, 0.5) is 5.82 Å². The van der Waals surface area contributed by atoms with Crippen molar-refractivity contribution < 1.29 is 9.84 Å². The van der Waals surface area contributed by atoms with E-state index in [1.54, 1.807) is 12.4 Å².